The molecule has 2 atom stereocenters. The third-order valence-corrected chi connectivity index (χ3v) is 4.48. The van der Waals surface area contributed by atoms with Crippen molar-refractivity contribution in [3.63, 3.8) is 0 Å². The van der Waals surface area contributed by atoms with Crippen molar-refractivity contribution >= 4 is 0 Å². The molecule has 6 heteroatoms. The number of morpholine rings is 1. The molecule has 1 aromatic heterocycles. The fraction of sp³-hybridized carbons (Fsp3) is 0.857. The van der Waals surface area contributed by atoms with E-state index in [0.29, 0.717) is 23.7 Å². The summed E-state index contributed by atoms with van der Waals surface area (Å²) < 4.78 is 11.2. The van der Waals surface area contributed by atoms with Crippen LogP contribution in [0.2, 0.25) is 0 Å². The van der Waals surface area contributed by atoms with Gasteiger partial charge in [-0.2, -0.15) is 4.98 Å². The van der Waals surface area contributed by atoms with E-state index in [2.05, 4.69) is 41.1 Å². The van der Waals surface area contributed by atoms with Gasteiger partial charge in [0.05, 0.1) is 6.61 Å². The maximum Gasteiger partial charge on any atom is 0.229 e. The van der Waals surface area contributed by atoms with Crippen LogP contribution >= 0.6 is 0 Å². The Hall–Kier alpha value is -0.980. The fourth-order valence-electron chi connectivity index (χ4n) is 2.72. The zero-order chi connectivity index (χ0) is 14.1. The number of aromatic nitrogens is 2. The maximum atomic E-state index is 5.80. The summed E-state index contributed by atoms with van der Waals surface area (Å²) in [7, 11) is 0. The normalized spacial score (nSPS) is 26.7. The van der Waals surface area contributed by atoms with Crippen molar-refractivity contribution < 1.29 is 9.26 Å². The van der Waals surface area contributed by atoms with E-state index in [1.54, 1.807) is 0 Å². The van der Waals surface area contributed by atoms with Crippen LogP contribution in [0.4, 0.5) is 0 Å². The van der Waals surface area contributed by atoms with E-state index in [4.69, 9.17) is 9.26 Å². The average Bonchev–Trinajstić information content (AvgIpc) is 2.86. The molecule has 1 N–H and O–H groups in total. The molecule has 2 aliphatic rings. The lowest BCUT2D eigenvalue weighted by molar-refractivity contribution is -0.0450. The molecule has 6 nitrogen and oxygen atoms in total. The van der Waals surface area contributed by atoms with Crippen LogP contribution in [0, 0.1) is 5.92 Å². The van der Waals surface area contributed by atoms with Gasteiger partial charge < -0.3 is 14.6 Å². The first-order chi connectivity index (χ1) is 9.65. The lowest BCUT2D eigenvalue weighted by atomic mass is 9.89. The monoisotopic (exact) mass is 280 g/mol. The van der Waals surface area contributed by atoms with Crippen LogP contribution in [0.5, 0.6) is 0 Å². The molecule has 0 saturated carbocycles. The van der Waals surface area contributed by atoms with Crippen LogP contribution in [-0.2, 0) is 4.74 Å². The van der Waals surface area contributed by atoms with Gasteiger partial charge in [0.1, 0.15) is 6.10 Å². The third-order valence-electron chi connectivity index (χ3n) is 4.48. The van der Waals surface area contributed by atoms with Gasteiger partial charge in [-0.25, -0.2) is 0 Å². The van der Waals surface area contributed by atoms with Crippen molar-refractivity contribution in [2.24, 2.45) is 5.92 Å². The minimum absolute atomic E-state index is 0.0598. The summed E-state index contributed by atoms with van der Waals surface area (Å²) in [5.41, 5.74) is 0. The Kier molecular flexibility index (Phi) is 4.05. The predicted molar refractivity (Wildman–Crippen MR) is 74.5 cm³/mol. The fourth-order valence-corrected chi connectivity index (χ4v) is 2.72. The van der Waals surface area contributed by atoms with Gasteiger partial charge in [0, 0.05) is 25.0 Å². The molecule has 0 amide bonds. The van der Waals surface area contributed by atoms with Gasteiger partial charge in [0.15, 0.2) is 0 Å². The van der Waals surface area contributed by atoms with Crippen molar-refractivity contribution in [1.82, 2.24) is 20.4 Å². The van der Waals surface area contributed by atoms with E-state index in [1.807, 2.05) is 0 Å². The molecule has 1 aromatic rings. The van der Waals surface area contributed by atoms with Crippen molar-refractivity contribution in [3.8, 4) is 0 Å². The summed E-state index contributed by atoms with van der Waals surface area (Å²) in [4.78, 5) is 6.97. The Morgan fingerprint density at radius 3 is 2.75 bits per heavy atom. The number of hydrogen-bond acceptors (Lipinski definition) is 6. The van der Waals surface area contributed by atoms with Crippen LogP contribution in [0.1, 0.15) is 44.5 Å². The highest BCUT2D eigenvalue weighted by Gasteiger charge is 2.31. The molecule has 0 aliphatic carbocycles. The lowest BCUT2D eigenvalue weighted by Crippen LogP contribution is -2.44. The second-order valence-corrected chi connectivity index (χ2v) is 6.15. The molecular formula is C14H24N4O2. The van der Waals surface area contributed by atoms with Crippen molar-refractivity contribution in [1.29, 1.82) is 0 Å². The van der Waals surface area contributed by atoms with E-state index in [0.717, 1.165) is 38.7 Å². The first-order valence-corrected chi connectivity index (χ1v) is 7.55. The SMILES string of the molecule is CC(c1nc(C2CN(C(C)C)CCO2)no1)C1CNC1. The number of hydrogen-bond donors (Lipinski definition) is 1. The van der Waals surface area contributed by atoms with Crippen molar-refractivity contribution in [3.05, 3.63) is 11.7 Å². The Labute approximate surface area is 119 Å². The molecule has 2 fully saturated rings. The quantitative estimate of drug-likeness (QED) is 0.893. The minimum Gasteiger partial charge on any atom is -0.367 e. The largest absolute Gasteiger partial charge is 0.367 e. The Morgan fingerprint density at radius 1 is 1.30 bits per heavy atom. The van der Waals surface area contributed by atoms with E-state index in [-0.39, 0.29) is 6.10 Å². The van der Waals surface area contributed by atoms with Gasteiger partial charge in [-0.05, 0) is 32.9 Å². The Morgan fingerprint density at radius 2 is 2.10 bits per heavy atom. The highest BCUT2D eigenvalue weighted by atomic mass is 16.5. The molecule has 3 rings (SSSR count). The maximum absolute atomic E-state index is 5.80. The van der Waals surface area contributed by atoms with Crippen LogP contribution in [0.3, 0.4) is 0 Å². The summed E-state index contributed by atoms with van der Waals surface area (Å²) in [6.07, 6.45) is -0.0598. The molecular weight excluding hydrogens is 256 g/mol. The summed E-state index contributed by atoms with van der Waals surface area (Å²) in [6, 6.07) is 0.521. The second-order valence-electron chi connectivity index (χ2n) is 6.15. The number of nitrogens with zero attached hydrogens (tertiary/aromatic N) is 3. The summed E-state index contributed by atoms with van der Waals surface area (Å²) >= 11 is 0. The van der Waals surface area contributed by atoms with Crippen LogP contribution < -0.4 is 5.32 Å². The predicted octanol–water partition coefficient (Wildman–Crippen LogP) is 1.17. The zero-order valence-electron chi connectivity index (χ0n) is 12.5. The van der Waals surface area contributed by atoms with Gasteiger partial charge in [0.25, 0.3) is 0 Å². The first kappa shape index (κ1) is 14.0. The molecule has 0 aromatic carbocycles. The number of ether oxygens (including phenoxy) is 1. The molecule has 0 bridgehead atoms. The highest BCUT2D eigenvalue weighted by molar-refractivity contribution is 5.01. The van der Waals surface area contributed by atoms with Crippen LogP contribution in [0.25, 0.3) is 0 Å². The van der Waals surface area contributed by atoms with Crippen molar-refractivity contribution in [2.75, 3.05) is 32.8 Å². The highest BCUT2D eigenvalue weighted by Crippen LogP contribution is 2.28. The molecule has 20 heavy (non-hydrogen) atoms. The van der Waals surface area contributed by atoms with E-state index < -0.39 is 0 Å². The van der Waals surface area contributed by atoms with Crippen LogP contribution in [0.15, 0.2) is 4.52 Å². The van der Waals surface area contributed by atoms with Gasteiger partial charge in [-0.15, -0.1) is 0 Å². The molecule has 2 saturated heterocycles. The second kappa shape index (κ2) is 5.79. The standard InChI is InChI=1S/C14H24N4O2/c1-9(2)18-4-5-19-12(8-18)13-16-14(20-17-13)10(3)11-6-15-7-11/h9-12,15H,4-8H2,1-3H3. The first-order valence-electron chi connectivity index (χ1n) is 7.55. The zero-order valence-corrected chi connectivity index (χ0v) is 12.5. The summed E-state index contributed by atoms with van der Waals surface area (Å²) in [5, 5.41) is 7.42. The van der Waals surface area contributed by atoms with Crippen molar-refractivity contribution in [2.45, 2.75) is 38.8 Å². The number of rotatable bonds is 4. The van der Waals surface area contributed by atoms with Gasteiger partial charge >= 0.3 is 0 Å². The van der Waals surface area contributed by atoms with E-state index in [9.17, 15) is 0 Å². The lowest BCUT2D eigenvalue weighted by Gasteiger charge is -2.34. The van der Waals surface area contributed by atoms with Gasteiger partial charge in [-0.1, -0.05) is 12.1 Å². The molecule has 112 valence electrons. The van der Waals surface area contributed by atoms with Gasteiger partial charge in [0.2, 0.25) is 11.7 Å². The minimum atomic E-state index is -0.0598. The van der Waals surface area contributed by atoms with Crippen LogP contribution in [-0.4, -0.2) is 53.9 Å². The summed E-state index contributed by atoms with van der Waals surface area (Å²) in [6.45, 7) is 11.2. The molecule has 0 radical (unpaired) electrons. The average molecular weight is 280 g/mol. The molecule has 0 spiro atoms. The smallest absolute Gasteiger partial charge is 0.229 e. The molecule has 2 aliphatic heterocycles. The molecule has 3 heterocycles. The van der Waals surface area contributed by atoms with E-state index >= 15 is 0 Å². The third kappa shape index (κ3) is 2.73. The summed E-state index contributed by atoms with van der Waals surface area (Å²) in [5.74, 6) is 2.38. The molecule has 2 unspecified atom stereocenters. The van der Waals surface area contributed by atoms with Gasteiger partial charge in [-0.3, -0.25) is 4.90 Å². The van der Waals surface area contributed by atoms with E-state index in [1.165, 1.54) is 0 Å². The Balaban J connectivity index is 1.66. The Bertz CT molecular complexity index is 444. The number of nitrogens with one attached hydrogen (secondary N) is 1. The topological polar surface area (TPSA) is 63.4 Å².